The second-order valence-corrected chi connectivity index (χ2v) is 7.17. The zero-order chi connectivity index (χ0) is 22.1. The van der Waals surface area contributed by atoms with E-state index < -0.39 is 29.9 Å². The second kappa shape index (κ2) is 9.35. The number of fused-ring (bicyclic) bond motifs is 1. The van der Waals surface area contributed by atoms with Crippen molar-refractivity contribution in [2.75, 3.05) is 23.4 Å². The molecule has 2 aliphatic heterocycles. The fraction of sp³-hybridized carbons (Fsp3) is 0.238. The van der Waals surface area contributed by atoms with Crippen LogP contribution in [0.5, 0.6) is 0 Å². The van der Waals surface area contributed by atoms with Gasteiger partial charge in [-0.2, -0.15) is 0 Å². The van der Waals surface area contributed by atoms with Crippen LogP contribution < -0.4 is 21.7 Å². The van der Waals surface area contributed by atoms with Gasteiger partial charge in [-0.3, -0.25) is 19.4 Å². The molecule has 2 heterocycles. The van der Waals surface area contributed by atoms with E-state index in [1.807, 2.05) is 0 Å². The second-order valence-electron chi connectivity index (χ2n) is 7.17. The molecule has 1 saturated heterocycles. The van der Waals surface area contributed by atoms with E-state index in [0.717, 1.165) is 11.1 Å². The summed E-state index contributed by atoms with van der Waals surface area (Å²) in [6, 6.07) is 11.4. The predicted molar refractivity (Wildman–Crippen MR) is 120 cm³/mol. The summed E-state index contributed by atoms with van der Waals surface area (Å²) in [6.45, 7) is 0.634. The smallest absolute Gasteiger partial charge is 0.259 e. The average molecular weight is 460 g/mol. The topological polar surface area (TPSA) is 160 Å². The molecule has 0 radical (unpaired) electrons. The number of rotatable bonds is 5. The van der Waals surface area contributed by atoms with Crippen molar-refractivity contribution in [3.63, 3.8) is 0 Å². The number of morpholine rings is 1. The van der Waals surface area contributed by atoms with Crippen LogP contribution in [0.3, 0.4) is 0 Å². The summed E-state index contributed by atoms with van der Waals surface area (Å²) in [7, 11) is 0. The highest BCUT2D eigenvalue weighted by atomic mass is 35.5. The van der Waals surface area contributed by atoms with Crippen molar-refractivity contribution in [2.45, 2.75) is 18.8 Å². The summed E-state index contributed by atoms with van der Waals surface area (Å²) in [6.07, 6.45) is -3.19. The van der Waals surface area contributed by atoms with E-state index in [0.29, 0.717) is 23.8 Å². The Hall–Kier alpha value is -3.47. The van der Waals surface area contributed by atoms with Crippen LogP contribution in [0.15, 0.2) is 47.5 Å². The number of carbonyl (C=O) groups excluding carboxylic acids is 3. The molecule has 11 heteroatoms. The van der Waals surface area contributed by atoms with Crippen LogP contribution >= 0.6 is 12.4 Å². The minimum absolute atomic E-state index is 0. The summed E-state index contributed by atoms with van der Waals surface area (Å²) in [5.74, 6) is -1.69. The van der Waals surface area contributed by atoms with Gasteiger partial charge in [0.05, 0.1) is 24.4 Å². The molecule has 2 atom stereocenters. The number of para-hydroxylation sites is 1. The fourth-order valence-corrected chi connectivity index (χ4v) is 3.65. The van der Waals surface area contributed by atoms with E-state index in [2.05, 4.69) is 10.3 Å². The third-order valence-corrected chi connectivity index (χ3v) is 5.21. The van der Waals surface area contributed by atoms with Crippen LogP contribution in [0, 0.1) is 0 Å². The molecule has 0 spiro atoms. The highest BCUT2D eigenvalue weighted by Gasteiger charge is 2.40. The van der Waals surface area contributed by atoms with Crippen molar-refractivity contribution in [3.8, 4) is 0 Å². The quantitative estimate of drug-likeness (QED) is 0.498. The molecule has 32 heavy (non-hydrogen) atoms. The number of carbonyl (C=O) groups is 3. The lowest BCUT2D eigenvalue weighted by Crippen LogP contribution is -2.55. The van der Waals surface area contributed by atoms with Crippen molar-refractivity contribution in [1.82, 2.24) is 0 Å². The van der Waals surface area contributed by atoms with E-state index in [9.17, 15) is 19.5 Å². The molecular weight excluding hydrogens is 438 g/mol. The number of primary amides is 1. The lowest BCUT2D eigenvalue weighted by molar-refractivity contribution is -0.150. The maximum Gasteiger partial charge on any atom is 0.259 e. The third-order valence-electron chi connectivity index (χ3n) is 5.21. The van der Waals surface area contributed by atoms with Crippen LogP contribution in [0.4, 0.5) is 11.4 Å². The molecule has 4 rings (SSSR count). The molecule has 1 fully saturated rings. The van der Waals surface area contributed by atoms with Gasteiger partial charge in [0.25, 0.3) is 17.7 Å². The highest BCUT2D eigenvalue weighted by molar-refractivity contribution is 6.08. The van der Waals surface area contributed by atoms with Gasteiger partial charge in [0.1, 0.15) is 5.84 Å². The predicted octanol–water partition coefficient (Wildman–Crippen LogP) is 0.158. The SMILES string of the molecule is Cl.NC(=O)c1ccccc1N1CCOC(C(O)C(=O)Nc2ccc3c(c2)CN=C3N)C1=O. The van der Waals surface area contributed by atoms with Gasteiger partial charge in [-0.15, -0.1) is 12.4 Å². The molecule has 0 aromatic heterocycles. The molecule has 2 aliphatic rings. The Kier molecular flexibility index (Phi) is 6.78. The van der Waals surface area contributed by atoms with Crippen LogP contribution in [-0.2, 0) is 20.9 Å². The molecule has 10 nitrogen and oxygen atoms in total. The minimum atomic E-state index is -1.76. The van der Waals surface area contributed by atoms with Crippen molar-refractivity contribution >= 4 is 47.3 Å². The van der Waals surface area contributed by atoms with Gasteiger partial charge in [-0.05, 0) is 35.9 Å². The van der Waals surface area contributed by atoms with Gasteiger partial charge in [-0.1, -0.05) is 12.1 Å². The molecule has 0 bridgehead atoms. The summed E-state index contributed by atoms with van der Waals surface area (Å²) in [4.78, 5) is 42.7. The number of aliphatic imine (C=N–C) groups is 1. The minimum Gasteiger partial charge on any atom is -0.383 e. The molecule has 168 valence electrons. The monoisotopic (exact) mass is 459 g/mol. The number of hydrogen-bond acceptors (Lipinski definition) is 7. The Balaban J connectivity index is 0.00000289. The first-order valence-corrected chi connectivity index (χ1v) is 9.61. The first-order valence-electron chi connectivity index (χ1n) is 9.61. The van der Waals surface area contributed by atoms with Crippen LogP contribution in [0.25, 0.3) is 0 Å². The van der Waals surface area contributed by atoms with E-state index in [1.54, 1.807) is 36.4 Å². The number of amides is 3. The lowest BCUT2D eigenvalue weighted by Gasteiger charge is -2.34. The normalized spacial score (nSPS) is 18.3. The lowest BCUT2D eigenvalue weighted by atomic mass is 10.1. The Labute approximate surface area is 189 Å². The number of aliphatic hydroxyl groups is 1. The fourth-order valence-electron chi connectivity index (χ4n) is 3.65. The zero-order valence-corrected chi connectivity index (χ0v) is 17.7. The number of nitrogens with one attached hydrogen (secondary N) is 1. The Morgan fingerprint density at radius 2 is 2.00 bits per heavy atom. The molecule has 0 saturated carbocycles. The molecule has 2 aromatic carbocycles. The first kappa shape index (κ1) is 23.2. The van der Waals surface area contributed by atoms with Gasteiger partial charge >= 0.3 is 0 Å². The number of hydrogen-bond donors (Lipinski definition) is 4. The average Bonchev–Trinajstić information content (AvgIpc) is 3.13. The summed E-state index contributed by atoms with van der Waals surface area (Å²) in [5, 5.41) is 13.1. The molecule has 0 aliphatic carbocycles. The van der Waals surface area contributed by atoms with Crippen molar-refractivity contribution in [3.05, 3.63) is 59.2 Å². The Morgan fingerprint density at radius 3 is 2.75 bits per heavy atom. The first-order chi connectivity index (χ1) is 14.9. The summed E-state index contributed by atoms with van der Waals surface area (Å²) in [5.41, 5.74) is 13.7. The molecule has 3 amide bonds. The van der Waals surface area contributed by atoms with E-state index in [4.69, 9.17) is 16.2 Å². The third kappa shape index (κ3) is 4.28. The molecule has 6 N–H and O–H groups in total. The van der Waals surface area contributed by atoms with E-state index in [-0.39, 0.29) is 31.1 Å². The molecule has 2 unspecified atom stereocenters. The standard InChI is InChI=1S/C21H21N5O5.ClH/c22-18-13-6-5-12(9-11(13)10-24-18)25-20(29)16(27)17-21(30)26(7-8-31-17)15-4-2-1-3-14(15)19(23)28;/h1-6,9,16-17,27H,7-8,10H2,(H2,22,24)(H2,23,28)(H,25,29);1H. The Morgan fingerprint density at radius 1 is 1.25 bits per heavy atom. The van der Waals surface area contributed by atoms with Crippen molar-refractivity contribution in [2.24, 2.45) is 16.5 Å². The number of amidine groups is 1. The number of nitrogens with two attached hydrogens (primary N) is 2. The van der Waals surface area contributed by atoms with E-state index in [1.165, 1.54) is 11.0 Å². The van der Waals surface area contributed by atoms with Gasteiger partial charge in [0.2, 0.25) is 0 Å². The van der Waals surface area contributed by atoms with Gasteiger partial charge in [0, 0.05) is 17.8 Å². The maximum atomic E-state index is 13.0. The van der Waals surface area contributed by atoms with E-state index >= 15 is 0 Å². The molecular formula is C21H22ClN5O5. The Bertz CT molecular complexity index is 1110. The largest absolute Gasteiger partial charge is 0.383 e. The van der Waals surface area contributed by atoms with Gasteiger partial charge < -0.3 is 31.5 Å². The number of anilines is 2. The number of halogens is 1. The highest BCUT2D eigenvalue weighted by Crippen LogP contribution is 2.25. The van der Waals surface area contributed by atoms with Gasteiger partial charge in [-0.25, -0.2) is 0 Å². The van der Waals surface area contributed by atoms with Gasteiger partial charge in [0.15, 0.2) is 12.2 Å². The van der Waals surface area contributed by atoms with Crippen LogP contribution in [0.1, 0.15) is 21.5 Å². The number of ether oxygens (including phenoxy) is 1. The maximum absolute atomic E-state index is 13.0. The number of aliphatic hydroxyl groups excluding tert-OH is 1. The molecule has 2 aromatic rings. The summed E-state index contributed by atoms with van der Waals surface area (Å²) < 4.78 is 5.40. The van der Waals surface area contributed by atoms with Crippen LogP contribution in [0.2, 0.25) is 0 Å². The zero-order valence-electron chi connectivity index (χ0n) is 16.9. The number of nitrogens with zero attached hydrogens (tertiary/aromatic N) is 2. The van der Waals surface area contributed by atoms with Crippen molar-refractivity contribution < 1.29 is 24.2 Å². The van der Waals surface area contributed by atoms with Crippen molar-refractivity contribution in [1.29, 1.82) is 0 Å². The van der Waals surface area contributed by atoms with Crippen LogP contribution in [-0.4, -0.2) is 54.0 Å². The number of benzene rings is 2. The summed E-state index contributed by atoms with van der Waals surface area (Å²) >= 11 is 0.